The van der Waals surface area contributed by atoms with Crippen molar-refractivity contribution in [3.05, 3.63) is 40.4 Å². The lowest BCUT2D eigenvalue weighted by atomic mass is 10.0. The molecule has 0 fully saturated rings. The summed E-state index contributed by atoms with van der Waals surface area (Å²) in [5.74, 6) is 1.07. The van der Waals surface area contributed by atoms with Gasteiger partial charge in [0.1, 0.15) is 5.75 Å². The van der Waals surface area contributed by atoms with E-state index in [4.69, 9.17) is 4.74 Å². The van der Waals surface area contributed by atoms with Gasteiger partial charge in [0.2, 0.25) is 0 Å². The number of H-pyrrole nitrogens is 2. The van der Waals surface area contributed by atoms with Gasteiger partial charge in [-0.2, -0.15) is 0 Å². The molecule has 0 atom stereocenters. The summed E-state index contributed by atoms with van der Waals surface area (Å²) in [7, 11) is 1.63. The number of ether oxygens (including phenoxy) is 1. The first-order valence-electron chi connectivity index (χ1n) is 5.58. The van der Waals surface area contributed by atoms with Crippen LogP contribution in [0.1, 0.15) is 25.5 Å². The zero-order valence-electron chi connectivity index (χ0n) is 10.2. The van der Waals surface area contributed by atoms with Gasteiger partial charge in [-0.25, -0.2) is 4.79 Å². The first-order chi connectivity index (χ1) is 8.11. The number of nitrogens with one attached hydrogen (secondary N) is 2. The van der Waals surface area contributed by atoms with Crippen LogP contribution in [-0.4, -0.2) is 17.1 Å². The Hall–Kier alpha value is -1.97. The van der Waals surface area contributed by atoms with E-state index in [1.165, 1.54) is 0 Å². The average molecular weight is 232 g/mol. The van der Waals surface area contributed by atoms with Gasteiger partial charge in [-0.1, -0.05) is 13.8 Å². The molecule has 0 amide bonds. The summed E-state index contributed by atoms with van der Waals surface area (Å²) in [6.07, 6.45) is 0. The maximum absolute atomic E-state index is 11.4. The van der Waals surface area contributed by atoms with E-state index in [0.29, 0.717) is 0 Å². The molecule has 4 heteroatoms. The lowest BCUT2D eigenvalue weighted by Gasteiger charge is -2.07. The zero-order valence-corrected chi connectivity index (χ0v) is 10.2. The van der Waals surface area contributed by atoms with Crippen molar-refractivity contribution in [1.82, 2.24) is 9.97 Å². The van der Waals surface area contributed by atoms with Crippen LogP contribution in [0.4, 0.5) is 0 Å². The fourth-order valence-corrected chi connectivity index (χ4v) is 1.82. The normalized spacial score (nSPS) is 10.8. The predicted octanol–water partition coefficient (Wildman–Crippen LogP) is 2.50. The molecule has 90 valence electrons. The van der Waals surface area contributed by atoms with Crippen molar-refractivity contribution in [1.29, 1.82) is 0 Å². The van der Waals surface area contributed by atoms with E-state index in [0.717, 1.165) is 22.7 Å². The minimum Gasteiger partial charge on any atom is -0.497 e. The van der Waals surface area contributed by atoms with E-state index in [9.17, 15) is 4.79 Å². The van der Waals surface area contributed by atoms with Crippen molar-refractivity contribution >= 4 is 0 Å². The summed E-state index contributed by atoms with van der Waals surface area (Å²) in [6, 6.07) is 7.63. The van der Waals surface area contributed by atoms with Crippen molar-refractivity contribution in [2.75, 3.05) is 7.11 Å². The molecule has 4 nitrogen and oxygen atoms in total. The molecule has 2 N–H and O–H groups in total. The SMILES string of the molecule is COc1ccc(-c2[nH]c(=O)[nH]c2C(C)C)cc1. The highest BCUT2D eigenvalue weighted by Crippen LogP contribution is 2.26. The second kappa shape index (κ2) is 4.49. The molecule has 0 aliphatic carbocycles. The Balaban J connectivity index is 2.48. The van der Waals surface area contributed by atoms with E-state index in [1.807, 2.05) is 38.1 Å². The average Bonchev–Trinajstić information content (AvgIpc) is 2.72. The van der Waals surface area contributed by atoms with Crippen LogP contribution in [0.15, 0.2) is 29.1 Å². The summed E-state index contributed by atoms with van der Waals surface area (Å²) in [5, 5.41) is 0. The number of rotatable bonds is 3. The Bertz CT molecular complexity index is 550. The second-order valence-electron chi connectivity index (χ2n) is 4.25. The van der Waals surface area contributed by atoms with Crippen LogP contribution >= 0.6 is 0 Å². The molecule has 1 aromatic carbocycles. The third-order valence-electron chi connectivity index (χ3n) is 2.71. The van der Waals surface area contributed by atoms with Crippen LogP contribution < -0.4 is 10.4 Å². The fourth-order valence-electron chi connectivity index (χ4n) is 1.82. The molecule has 1 heterocycles. The van der Waals surface area contributed by atoms with E-state index >= 15 is 0 Å². The zero-order chi connectivity index (χ0) is 12.4. The first-order valence-corrected chi connectivity index (χ1v) is 5.58. The Kier molecular flexibility index (Phi) is 3.04. The number of aromatic nitrogens is 2. The summed E-state index contributed by atoms with van der Waals surface area (Å²) < 4.78 is 5.11. The molecule has 17 heavy (non-hydrogen) atoms. The molecule has 0 radical (unpaired) electrons. The van der Waals surface area contributed by atoms with Gasteiger partial charge in [0.15, 0.2) is 0 Å². The molecule has 0 bridgehead atoms. The van der Waals surface area contributed by atoms with E-state index in [1.54, 1.807) is 7.11 Å². The highest BCUT2D eigenvalue weighted by atomic mass is 16.5. The highest BCUT2D eigenvalue weighted by Gasteiger charge is 2.12. The summed E-state index contributed by atoms with van der Waals surface area (Å²) in [4.78, 5) is 17.0. The number of hydrogen-bond acceptors (Lipinski definition) is 2. The lowest BCUT2D eigenvalue weighted by molar-refractivity contribution is 0.415. The maximum atomic E-state index is 11.4. The summed E-state index contributed by atoms with van der Waals surface area (Å²) in [6.45, 7) is 4.10. The molecule has 0 aliphatic heterocycles. The molecule has 0 saturated heterocycles. The van der Waals surface area contributed by atoms with Crippen molar-refractivity contribution in [3.8, 4) is 17.0 Å². The Morgan fingerprint density at radius 3 is 2.29 bits per heavy atom. The molecule has 0 aliphatic rings. The van der Waals surface area contributed by atoms with Crippen molar-refractivity contribution < 1.29 is 4.74 Å². The number of benzene rings is 1. The smallest absolute Gasteiger partial charge is 0.323 e. The number of methoxy groups -OCH3 is 1. The molecular weight excluding hydrogens is 216 g/mol. The minimum atomic E-state index is -0.167. The standard InChI is InChI=1S/C13H16N2O2/c1-8(2)11-12(15-13(16)14-11)9-4-6-10(17-3)7-5-9/h4-8H,1-3H3,(H2,14,15,16). The van der Waals surface area contributed by atoms with Gasteiger partial charge in [-0.3, -0.25) is 0 Å². The number of aromatic amines is 2. The molecule has 0 saturated carbocycles. The molecule has 2 rings (SSSR count). The Morgan fingerprint density at radius 1 is 1.12 bits per heavy atom. The van der Waals surface area contributed by atoms with Crippen LogP contribution in [0.2, 0.25) is 0 Å². The lowest BCUT2D eigenvalue weighted by Crippen LogP contribution is -2.01. The maximum Gasteiger partial charge on any atom is 0.323 e. The quantitative estimate of drug-likeness (QED) is 0.854. The van der Waals surface area contributed by atoms with E-state index < -0.39 is 0 Å². The number of hydrogen-bond donors (Lipinski definition) is 2. The molecule has 2 aromatic rings. The second-order valence-corrected chi connectivity index (χ2v) is 4.25. The minimum absolute atomic E-state index is 0.167. The van der Waals surface area contributed by atoms with Gasteiger partial charge in [-0.15, -0.1) is 0 Å². The van der Waals surface area contributed by atoms with Crippen molar-refractivity contribution in [3.63, 3.8) is 0 Å². The summed E-state index contributed by atoms with van der Waals surface area (Å²) >= 11 is 0. The Labute approximate surface area is 99.7 Å². The van der Waals surface area contributed by atoms with Gasteiger partial charge < -0.3 is 14.7 Å². The molecule has 0 spiro atoms. The van der Waals surface area contributed by atoms with Gasteiger partial charge in [0.05, 0.1) is 12.8 Å². The monoisotopic (exact) mass is 232 g/mol. The third kappa shape index (κ3) is 2.25. The fraction of sp³-hybridized carbons (Fsp3) is 0.308. The van der Waals surface area contributed by atoms with Gasteiger partial charge in [0.25, 0.3) is 0 Å². The van der Waals surface area contributed by atoms with Crippen LogP contribution in [0, 0.1) is 0 Å². The van der Waals surface area contributed by atoms with Crippen LogP contribution in [0.3, 0.4) is 0 Å². The van der Waals surface area contributed by atoms with Crippen LogP contribution in [0.5, 0.6) is 5.75 Å². The largest absolute Gasteiger partial charge is 0.497 e. The first kappa shape index (κ1) is 11.5. The van der Waals surface area contributed by atoms with Gasteiger partial charge in [-0.05, 0) is 30.2 Å². The van der Waals surface area contributed by atoms with Crippen LogP contribution in [-0.2, 0) is 0 Å². The van der Waals surface area contributed by atoms with Crippen molar-refractivity contribution in [2.24, 2.45) is 0 Å². The molecular formula is C13H16N2O2. The molecule has 1 aromatic heterocycles. The number of imidazole rings is 1. The molecule has 0 unspecified atom stereocenters. The van der Waals surface area contributed by atoms with E-state index in [-0.39, 0.29) is 11.6 Å². The van der Waals surface area contributed by atoms with Crippen molar-refractivity contribution in [2.45, 2.75) is 19.8 Å². The van der Waals surface area contributed by atoms with Crippen LogP contribution in [0.25, 0.3) is 11.3 Å². The topological polar surface area (TPSA) is 57.9 Å². The Morgan fingerprint density at radius 2 is 1.76 bits per heavy atom. The summed E-state index contributed by atoms with van der Waals surface area (Å²) in [5.41, 5.74) is 2.60. The van der Waals surface area contributed by atoms with Gasteiger partial charge >= 0.3 is 5.69 Å². The third-order valence-corrected chi connectivity index (χ3v) is 2.71. The highest BCUT2D eigenvalue weighted by molar-refractivity contribution is 5.63. The van der Waals surface area contributed by atoms with E-state index in [2.05, 4.69) is 9.97 Å². The van der Waals surface area contributed by atoms with Gasteiger partial charge in [0, 0.05) is 11.3 Å². The predicted molar refractivity (Wildman–Crippen MR) is 67.5 cm³/mol.